The molecule has 0 amide bonds. The first-order valence-corrected chi connectivity index (χ1v) is 7.36. The fourth-order valence-electron chi connectivity index (χ4n) is 2.71. The Balaban J connectivity index is 2.08. The number of ether oxygens (including phenoxy) is 1. The van der Waals surface area contributed by atoms with Crippen molar-refractivity contribution >= 4 is 5.69 Å². The fourth-order valence-corrected chi connectivity index (χ4v) is 2.71. The minimum atomic E-state index is -0.423. The normalized spacial score (nSPS) is 21.4. The van der Waals surface area contributed by atoms with Crippen LogP contribution >= 0.6 is 0 Å². The van der Waals surface area contributed by atoms with Gasteiger partial charge in [-0.15, -0.1) is 0 Å². The van der Waals surface area contributed by atoms with Gasteiger partial charge in [-0.05, 0) is 32.3 Å². The Morgan fingerprint density at radius 3 is 2.95 bits per heavy atom. The number of hydrogen-bond donors (Lipinski definition) is 1. The maximum atomic E-state index is 9.88. The first kappa shape index (κ1) is 14.4. The van der Waals surface area contributed by atoms with Crippen molar-refractivity contribution in [1.82, 2.24) is 0 Å². The van der Waals surface area contributed by atoms with E-state index in [1.165, 1.54) is 0 Å². The molecule has 0 saturated carbocycles. The summed E-state index contributed by atoms with van der Waals surface area (Å²) in [5.74, 6) is 0. The summed E-state index contributed by atoms with van der Waals surface area (Å²) in [5, 5.41) is 9.88. The minimum absolute atomic E-state index is 0.329. The van der Waals surface area contributed by atoms with Gasteiger partial charge in [0.15, 0.2) is 0 Å². The molecule has 1 saturated heterocycles. The lowest BCUT2D eigenvalue weighted by Gasteiger charge is -2.35. The molecule has 19 heavy (non-hydrogen) atoms. The average molecular weight is 263 g/mol. The monoisotopic (exact) mass is 263 g/mol. The molecule has 0 bridgehead atoms. The van der Waals surface area contributed by atoms with Gasteiger partial charge in [-0.25, -0.2) is 0 Å². The standard InChI is InChI=1S/C16H25NO2/c1-3-11-19-14-7-6-10-17(12-14)16-9-5-4-8-15(16)13(2)18/h4-5,8-9,13-14,18H,3,6-7,10-12H2,1-2H3. The molecule has 1 aliphatic rings. The molecule has 1 aromatic rings. The SMILES string of the molecule is CCCOC1CCCN(c2ccccc2C(C)O)C1. The molecular formula is C16H25NO2. The van der Waals surface area contributed by atoms with Crippen LogP contribution in [0.3, 0.4) is 0 Å². The quantitative estimate of drug-likeness (QED) is 0.886. The van der Waals surface area contributed by atoms with E-state index in [-0.39, 0.29) is 0 Å². The Morgan fingerprint density at radius 1 is 1.42 bits per heavy atom. The number of benzene rings is 1. The van der Waals surface area contributed by atoms with Crippen molar-refractivity contribution in [3.05, 3.63) is 29.8 Å². The molecule has 1 aromatic carbocycles. The molecule has 2 atom stereocenters. The van der Waals surface area contributed by atoms with Gasteiger partial charge in [-0.3, -0.25) is 0 Å². The topological polar surface area (TPSA) is 32.7 Å². The lowest BCUT2D eigenvalue weighted by atomic mass is 10.0. The zero-order chi connectivity index (χ0) is 13.7. The Hall–Kier alpha value is -1.06. The van der Waals surface area contributed by atoms with E-state index in [4.69, 9.17) is 4.74 Å². The van der Waals surface area contributed by atoms with Crippen molar-refractivity contribution in [3.63, 3.8) is 0 Å². The molecule has 3 nitrogen and oxygen atoms in total. The van der Waals surface area contributed by atoms with Gasteiger partial charge < -0.3 is 14.7 Å². The summed E-state index contributed by atoms with van der Waals surface area (Å²) in [4.78, 5) is 2.35. The van der Waals surface area contributed by atoms with Gasteiger partial charge in [0.05, 0.1) is 12.2 Å². The van der Waals surface area contributed by atoms with Crippen LogP contribution in [0.1, 0.15) is 44.8 Å². The van der Waals surface area contributed by atoms with Gasteiger partial charge in [0, 0.05) is 30.9 Å². The third-order valence-electron chi connectivity index (χ3n) is 3.66. The maximum absolute atomic E-state index is 9.88. The number of para-hydroxylation sites is 1. The van der Waals surface area contributed by atoms with Gasteiger partial charge in [0.2, 0.25) is 0 Å². The predicted molar refractivity (Wildman–Crippen MR) is 78.6 cm³/mol. The number of hydrogen-bond acceptors (Lipinski definition) is 3. The number of aliphatic hydroxyl groups excluding tert-OH is 1. The predicted octanol–water partition coefficient (Wildman–Crippen LogP) is 3.14. The fraction of sp³-hybridized carbons (Fsp3) is 0.625. The first-order valence-electron chi connectivity index (χ1n) is 7.36. The molecule has 3 heteroatoms. The highest BCUT2D eigenvalue weighted by Crippen LogP contribution is 2.29. The second-order valence-corrected chi connectivity index (χ2v) is 5.32. The summed E-state index contributed by atoms with van der Waals surface area (Å²) in [5.41, 5.74) is 2.17. The number of anilines is 1. The largest absolute Gasteiger partial charge is 0.389 e. The van der Waals surface area contributed by atoms with Crippen LogP contribution in [0.5, 0.6) is 0 Å². The minimum Gasteiger partial charge on any atom is -0.389 e. The zero-order valence-corrected chi connectivity index (χ0v) is 12.0. The Kier molecular flexibility index (Phi) is 5.23. The third-order valence-corrected chi connectivity index (χ3v) is 3.66. The molecule has 1 aliphatic heterocycles. The van der Waals surface area contributed by atoms with Crippen molar-refractivity contribution in [2.75, 3.05) is 24.6 Å². The molecule has 2 unspecified atom stereocenters. The smallest absolute Gasteiger partial charge is 0.0781 e. The van der Waals surface area contributed by atoms with Crippen molar-refractivity contribution in [2.45, 2.75) is 45.3 Å². The Bertz CT molecular complexity index is 392. The highest BCUT2D eigenvalue weighted by atomic mass is 16.5. The van der Waals surface area contributed by atoms with E-state index >= 15 is 0 Å². The number of aliphatic hydroxyl groups is 1. The molecule has 1 heterocycles. The number of nitrogens with zero attached hydrogens (tertiary/aromatic N) is 1. The van der Waals surface area contributed by atoms with Gasteiger partial charge in [0.1, 0.15) is 0 Å². The van der Waals surface area contributed by atoms with Crippen molar-refractivity contribution in [1.29, 1.82) is 0 Å². The van der Waals surface area contributed by atoms with Crippen LogP contribution in [-0.2, 0) is 4.74 Å². The van der Waals surface area contributed by atoms with E-state index in [9.17, 15) is 5.11 Å². The molecule has 1 fully saturated rings. The van der Waals surface area contributed by atoms with Gasteiger partial charge in [0.25, 0.3) is 0 Å². The molecule has 106 valence electrons. The maximum Gasteiger partial charge on any atom is 0.0781 e. The second kappa shape index (κ2) is 6.92. The molecule has 2 rings (SSSR count). The highest BCUT2D eigenvalue weighted by molar-refractivity contribution is 5.55. The Morgan fingerprint density at radius 2 is 2.21 bits per heavy atom. The Labute approximate surface area is 116 Å². The van der Waals surface area contributed by atoms with Gasteiger partial charge in [-0.2, -0.15) is 0 Å². The van der Waals surface area contributed by atoms with Crippen LogP contribution in [-0.4, -0.2) is 30.9 Å². The summed E-state index contributed by atoms with van der Waals surface area (Å²) in [6, 6.07) is 8.14. The van der Waals surface area contributed by atoms with E-state index < -0.39 is 6.10 Å². The summed E-state index contributed by atoms with van der Waals surface area (Å²) >= 11 is 0. The lowest BCUT2D eigenvalue weighted by molar-refractivity contribution is 0.0439. The van der Waals surface area contributed by atoms with Crippen LogP contribution in [0.2, 0.25) is 0 Å². The summed E-state index contributed by atoms with van der Waals surface area (Å²) in [6.45, 7) is 6.80. The lowest BCUT2D eigenvalue weighted by Crippen LogP contribution is -2.40. The van der Waals surface area contributed by atoms with Crippen LogP contribution in [0.4, 0.5) is 5.69 Å². The average Bonchev–Trinajstić information content (AvgIpc) is 2.45. The van der Waals surface area contributed by atoms with E-state index in [1.54, 1.807) is 0 Å². The third kappa shape index (κ3) is 3.71. The molecule has 0 radical (unpaired) electrons. The molecular weight excluding hydrogens is 238 g/mol. The second-order valence-electron chi connectivity index (χ2n) is 5.32. The number of piperidine rings is 1. The molecule has 0 spiro atoms. The van der Waals surface area contributed by atoms with Crippen LogP contribution in [0.15, 0.2) is 24.3 Å². The van der Waals surface area contributed by atoms with Gasteiger partial charge >= 0.3 is 0 Å². The van der Waals surface area contributed by atoms with E-state index in [1.807, 2.05) is 25.1 Å². The molecule has 0 aromatic heterocycles. The van der Waals surface area contributed by atoms with Crippen molar-refractivity contribution in [3.8, 4) is 0 Å². The first-order chi connectivity index (χ1) is 9.22. The van der Waals surface area contributed by atoms with Crippen molar-refractivity contribution in [2.24, 2.45) is 0 Å². The molecule has 1 N–H and O–H groups in total. The van der Waals surface area contributed by atoms with Crippen LogP contribution in [0.25, 0.3) is 0 Å². The highest BCUT2D eigenvalue weighted by Gasteiger charge is 2.22. The van der Waals surface area contributed by atoms with E-state index in [0.29, 0.717) is 6.10 Å². The summed E-state index contributed by atoms with van der Waals surface area (Å²) in [7, 11) is 0. The van der Waals surface area contributed by atoms with Crippen molar-refractivity contribution < 1.29 is 9.84 Å². The van der Waals surface area contributed by atoms with Crippen LogP contribution in [0, 0.1) is 0 Å². The van der Waals surface area contributed by atoms with E-state index in [0.717, 1.165) is 50.2 Å². The number of rotatable bonds is 5. The van der Waals surface area contributed by atoms with Crippen LogP contribution < -0.4 is 4.90 Å². The van der Waals surface area contributed by atoms with Gasteiger partial charge in [-0.1, -0.05) is 25.1 Å². The zero-order valence-electron chi connectivity index (χ0n) is 12.0. The van der Waals surface area contributed by atoms with E-state index in [2.05, 4.69) is 17.9 Å². The summed E-state index contributed by atoms with van der Waals surface area (Å²) < 4.78 is 5.88. The molecule has 0 aliphatic carbocycles. The summed E-state index contributed by atoms with van der Waals surface area (Å²) in [6.07, 6.45) is 3.28.